The van der Waals surface area contributed by atoms with Gasteiger partial charge in [-0.1, -0.05) is 12.8 Å². The fourth-order valence-electron chi connectivity index (χ4n) is 2.91. The molecule has 1 aliphatic rings. The molecule has 5 heteroatoms. The molecule has 0 atom stereocenters. The van der Waals surface area contributed by atoms with Crippen LogP contribution in [0.1, 0.15) is 46.0 Å². The summed E-state index contributed by atoms with van der Waals surface area (Å²) in [5.41, 5.74) is 0.346. The van der Waals surface area contributed by atoms with Gasteiger partial charge in [0, 0.05) is 40.0 Å². The highest BCUT2D eigenvalue weighted by Crippen LogP contribution is 2.41. The Morgan fingerprint density at radius 3 is 2.52 bits per heavy atom. The first-order valence-corrected chi connectivity index (χ1v) is 8.35. The van der Waals surface area contributed by atoms with Crippen molar-refractivity contribution >= 4 is 5.96 Å². The van der Waals surface area contributed by atoms with Crippen LogP contribution in [-0.4, -0.2) is 52.5 Å². The van der Waals surface area contributed by atoms with Crippen molar-refractivity contribution in [3.05, 3.63) is 0 Å². The van der Waals surface area contributed by atoms with Gasteiger partial charge in [0.2, 0.25) is 0 Å². The van der Waals surface area contributed by atoms with Crippen molar-refractivity contribution in [1.29, 1.82) is 0 Å². The third-order valence-electron chi connectivity index (χ3n) is 4.16. The monoisotopic (exact) mass is 299 g/mol. The van der Waals surface area contributed by atoms with E-state index in [0.717, 1.165) is 45.2 Å². The van der Waals surface area contributed by atoms with Gasteiger partial charge in [-0.05, 0) is 38.5 Å². The van der Waals surface area contributed by atoms with E-state index in [4.69, 9.17) is 14.5 Å². The summed E-state index contributed by atoms with van der Waals surface area (Å²) in [4.78, 5) is 4.80. The first-order valence-electron chi connectivity index (χ1n) is 8.35. The van der Waals surface area contributed by atoms with Gasteiger partial charge in [0.15, 0.2) is 5.96 Å². The van der Waals surface area contributed by atoms with E-state index in [1.807, 2.05) is 0 Å². The molecule has 1 aliphatic carbocycles. The molecule has 0 aromatic carbocycles. The number of nitrogens with zero attached hydrogens (tertiary/aromatic N) is 1. The van der Waals surface area contributed by atoms with Crippen LogP contribution in [0.2, 0.25) is 0 Å². The van der Waals surface area contributed by atoms with Crippen molar-refractivity contribution in [2.24, 2.45) is 10.4 Å². The topological polar surface area (TPSA) is 54.9 Å². The molecule has 0 bridgehead atoms. The van der Waals surface area contributed by atoms with Gasteiger partial charge in [-0.25, -0.2) is 0 Å². The Labute approximate surface area is 129 Å². The Morgan fingerprint density at radius 1 is 1.14 bits per heavy atom. The third kappa shape index (κ3) is 7.14. The fraction of sp³-hybridized carbons (Fsp3) is 0.938. The molecular formula is C16H33N3O2. The van der Waals surface area contributed by atoms with Crippen LogP contribution in [0.25, 0.3) is 0 Å². The molecule has 124 valence electrons. The number of rotatable bonds is 10. The minimum Gasteiger partial charge on any atom is -0.383 e. The minimum absolute atomic E-state index is 0.346. The molecule has 0 aliphatic heterocycles. The second-order valence-corrected chi connectivity index (χ2v) is 5.77. The predicted molar refractivity (Wildman–Crippen MR) is 87.9 cm³/mol. The molecular weight excluding hydrogens is 266 g/mol. The van der Waals surface area contributed by atoms with E-state index in [1.165, 1.54) is 25.7 Å². The van der Waals surface area contributed by atoms with E-state index in [2.05, 4.69) is 24.5 Å². The molecule has 0 aromatic rings. The SMILES string of the molecule is CCNC(=NCC1(CCOCC)CCCC1)NCCOC. The lowest BCUT2D eigenvalue weighted by Gasteiger charge is -2.27. The molecule has 0 spiro atoms. The number of guanidine groups is 1. The van der Waals surface area contributed by atoms with Crippen LogP contribution in [-0.2, 0) is 9.47 Å². The van der Waals surface area contributed by atoms with E-state index in [0.29, 0.717) is 12.0 Å². The first kappa shape index (κ1) is 18.2. The Hall–Kier alpha value is -0.810. The molecule has 5 nitrogen and oxygen atoms in total. The number of nitrogens with one attached hydrogen (secondary N) is 2. The minimum atomic E-state index is 0.346. The van der Waals surface area contributed by atoms with Crippen molar-refractivity contribution in [3.8, 4) is 0 Å². The second-order valence-electron chi connectivity index (χ2n) is 5.77. The third-order valence-corrected chi connectivity index (χ3v) is 4.16. The Balaban J connectivity index is 2.51. The summed E-state index contributed by atoms with van der Waals surface area (Å²) in [6.07, 6.45) is 6.34. The smallest absolute Gasteiger partial charge is 0.191 e. The second kappa shape index (κ2) is 10.9. The average molecular weight is 299 g/mol. The first-order chi connectivity index (χ1) is 10.3. The highest BCUT2D eigenvalue weighted by atomic mass is 16.5. The maximum Gasteiger partial charge on any atom is 0.191 e. The summed E-state index contributed by atoms with van der Waals surface area (Å²) in [5.74, 6) is 0.900. The van der Waals surface area contributed by atoms with Crippen molar-refractivity contribution in [3.63, 3.8) is 0 Å². The van der Waals surface area contributed by atoms with E-state index >= 15 is 0 Å². The van der Waals surface area contributed by atoms with Crippen molar-refractivity contribution < 1.29 is 9.47 Å². The maximum atomic E-state index is 5.56. The highest BCUT2D eigenvalue weighted by molar-refractivity contribution is 5.79. The molecule has 1 fully saturated rings. The van der Waals surface area contributed by atoms with E-state index in [-0.39, 0.29) is 0 Å². The molecule has 0 amide bonds. The lowest BCUT2D eigenvalue weighted by molar-refractivity contribution is 0.107. The molecule has 2 N–H and O–H groups in total. The van der Waals surface area contributed by atoms with Crippen LogP contribution < -0.4 is 10.6 Å². The lowest BCUT2D eigenvalue weighted by atomic mass is 9.83. The van der Waals surface area contributed by atoms with Crippen LogP contribution in [0.5, 0.6) is 0 Å². The molecule has 0 aromatic heterocycles. The zero-order chi connectivity index (χ0) is 15.4. The van der Waals surface area contributed by atoms with Crippen LogP contribution in [0.3, 0.4) is 0 Å². The normalized spacial score (nSPS) is 18.0. The maximum absolute atomic E-state index is 5.56. The molecule has 1 saturated carbocycles. The fourth-order valence-corrected chi connectivity index (χ4v) is 2.91. The van der Waals surface area contributed by atoms with Crippen molar-refractivity contribution in [1.82, 2.24) is 10.6 Å². The van der Waals surface area contributed by atoms with Crippen molar-refractivity contribution in [2.75, 3.05) is 46.6 Å². The predicted octanol–water partition coefficient (Wildman–Crippen LogP) is 2.17. The van der Waals surface area contributed by atoms with Gasteiger partial charge >= 0.3 is 0 Å². The number of methoxy groups -OCH3 is 1. The molecule has 0 radical (unpaired) electrons. The zero-order valence-electron chi connectivity index (χ0n) is 14.0. The molecule has 0 heterocycles. The lowest BCUT2D eigenvalue weighted by Crippen LogP contribution is -2.40. The summed E-state index contributed by atoms with van der Waals surface area (Å²) < 4.78 is 10.6. The van der Waals surface area contributed by atoms with Crippen molar-refractivity contribution in [2.45, 2.75) is 46.0 Å². The van der Waals surface area contributed by atoms with Crippen LogP contribution in [0.15, 0.2) is 4.99 Å². The van der Waals surface area contributed by atoms with Gasteiger partial charge in [-0.3, -0.25) is 4.99 Å². The van der Waals surface area contributed by atoms with Gasteiger partial charge in [-0.2, -0.15) is 0 Å². The number of ether oxygens (including phenoxy) is 2. The quantitative estimate of drug-likeness (QED) is 0.369. The van der Waals surface area contributed by atoms with E-state index in [1.54, 1.807) is 7.11 Å². The number of hydrogen-bond acceptors (Lipinski definition) is 3. The molecule has 0 saturated heterocycles. The summed E-state index contributed by atoms with van der Waals surface area (Å²) in [6.45, 7) is 9.07. The average Bonchev–Trinajstić information content (AvgIpc) is 2.95. The van der Waals surface area contributed by atoms with Gasteiger partial charge in [0.05, 0.1) is 6.61 Å². The van der Waals surface area contributed by atoms with Crippen LogP contribution in [0, 0.1) is 5.41 Å². The largest absolute Gasteiger partial charge is 0.383 e. The molecule has 0 unspecified atom stereocenters. The summed E-state index contributed by atoms with van der Waals surface area (Å²) in [7, 11) is 1.72. The van der Waals surface area contributed by atoms with Gasteiger partial charge in [0.1, 0.15) is 0 Å². The summed E-state index contributed by atoms with van der Waals surface area (Å²) in [5, 5.41) is 6.61. The van der Waals surface area contributed by atoms with Crippen LogP contribution >= 0.6 is 0 Å². The van der Waals surface area contributed by atoms with Gasteiger partial charge in [0.25, 0.3) is 0 Å². The Bertz CT molecular complexity index is 289. The Kier molecular flexibility index (Phi) is 9.42. The number of aliphatic imine (C=N–C) groups is 1. The van der Waals surface area contributed by atoms with Crippen LogP contribution in [0.4, 0.5) is 0 Å². The van der Waals surface area contributed by atoms with E-state index < -0.39 is 0 Å². The molecule has 21 heavy (non-hydrogen) atoms. The number of hydrogen-bond donors (Lipinski definition) is 2. The Morgan fingerprint density at radius 2 is 1.90 bits per heavy atom. The standard InChI is InChI=1S/C16H33N3O2/c1-4-17-15(18-11-13-20-3)19-14-16(8-6-7-9-16)10-12-21-5-2/h4-14H2,1-3H3,(H2,17,18,19). The van der Waals surface area contributed by atoms with E-state index in [9.17, 15) is 0 Å². The highest BCUT2D eigenvalue weighted by Gasteiger charge is 2.33. The zero-order valence-corrected chi connectivity index (χ0v) is 14.0. The molecule has 1 rings (SSSR count). The summed E-state index contributed by atoms with van der Waals surface area (Å²) in [6, 6.07) is 0. The summed E-state index contributed by atoms with van der Waals surface area (Å²) >= 11 is 0. The van der Waals surface area contributed by atoms with Gasteiger partial charge in [-0.15, -0.1) is 0 Å². The van der Waals surface area contributed by atoms with Gasteiger partial charge < -0.3 is 20.1 Å².